The minimum atomic E-state index is 0.894. The molecule has 0 aromatic carbocycles. The van der Waals surface area contributed by atoms with E-state index in [0.717, 1.165) is 31.8 Å². The molecule has 5 heteroatoms. The number of rotatable bonds is 6. The van der Waals surface area contributed by atoms with E-state index in [1.54, 1.807) is 11.0 Å². The Kier molecular flexibility index (Phi) is 4.07. The quantitative estimate of drug-likeness (QED) is 0.768. The first kappa shape index (κ1) is 11.3. The lowest BCUT2D eigenvalue weighted by molar-refractivity contribution is 0.661. The van der Waals surface area contributed by atoms with Crippen molar-refractivity contribution in [3.8, 4) is 0 Å². The van der Waals surface area contributed by atoms with Crippen molar-refractivity contribution < 1.29 is 0 Å². The van der Waals surface area contributed by atoms with E-state index in [1.807, 2.05) is 18.4 Å². The second-order valence-corrected chi connectivity index (χ2v) is 4.70. The molecular weight excluding hydrogens is 220 g/mol. The van der Waals surface area contributed by atoms with Gasteiger partial charge in [-0.3, -0.25) is 4.68 Å². The van der Waals surface area contributed by atoms with Gasteiger partial charge in [0, 0.05) is 24.9 Å². The van der Waals surface area contributed by atoms with Crippen molar-refractivity contribution in [3.05, 3.63) is 34.5 Å². The number of hydrogen-bond acceptors (Lipinski definition) is 4. The largest absolute Gasteiger partial charge is 0.316 e. The minimum absolute atomic E-state index is 0.894. The van der Waals surface area contributed by atoms with E-state index in [4.69, 9.17) is 0 Å². The third kappa shape index (κ3) is 3.43. The molecule has 1 N–H and O–H groups in total. The van der Waals surface area contributed by atoms with Crippen LogP contribution in [0.1, 0.15) is 10.7 Å². The normalized spacial score (nSPS) is 10.8. The molecule has 0 amide bonds. The summed E-state index contributed by atoms with van der Waals surface area (Å²) in [4.78, 5) is 5.61. The molecule has 86 valence electrons. The molecular formula is C11H16N4S. The van der Waals surface area contributed by atoms with Crippen molar-refractivity contribution in [2.75, 3.05) is 13.1 Å². The van der Waals surface area contributed by atoms with Crippen LogP contribution in [-0.2, 0) is 19.9 Å². The van der Waals surface area contributed by atoms with Crippen molar-refractivity contribution in [1.82, 2.24) is 20.1 Å². The third-order valence-electron chi connectivity index (χ3n) is 2.30. The van der Waals surface area contributed by atoms with Gasteiger partial charge in [0.25, 0.3) is 0 Å². The lowest BCUT2D eigenvalue weighted by Crippen LogP contribution is -2.20. The third-order valence-corrected chi connectivity index (χ3v) is 3.24. The molecule has 2 heterocycles. The first-order valence-corrected chi connectivity index (χ1v) is 6.30. The Morgan fingerprint density at radius 2 is 2.25 bits per heavy atom. The SMILES string of the molecule is Cn1cnc(CCNCCc2cccs2)n1. The van der Waals surface area contributed by atoms with Crippen LogP contribution in [0.15, 0.2) is 23.8 Å². The predicted molar refractivity (Wildman–Crippen MR) is 65.6 cm³/mol. The molecule has 2 rings (SSSR count). The number of thiophene rings is 1. The van der Waals surface area contributed by atoms with Crippen LogP contribution >= 0.6 is 11.3 Å². The molecule has 0 aliphatic heterocycles. The molecule has 0 spiro atoms. The topological polar surface area (TPSA) is 42.7 Å². The summed E-state index contributed by atoms with van der Waals surface area (Å²) >= 11 is 1.81. The second kappa shape index (κ2) is 5.77. The van der Waals surface area contributed by atoms with Crippen molar-refractivity contribution >= 4 is 11.3 Å². The Hall–Kier alpha value is -1.20. The molecule has 0 fully saturated rings. The molecule has 0 saturated carbocycles. The van der Waals surface area contributed by atoms with Crippen molar-refractivity contribution in [1.29, 1.82) is 0 Å². The van der Waals surface area contributed by atoms with Gasteiger partial charge in [-0.1, -0.05) is 6.07 Å². The summed E-state index contributed by atoms with van der Waals surface area (Å²) in [6.07, 6.45) is 3.74. The summed E-state index contributed by atoms with van der Waals surface area (Å²) < 4.78 is 1.74. The molecule has 4 nitrogen and oxygen atoms in total. The van der Waals surface area contributed by atoms with Crippen molar-refractivity contribution in [2.24, 2.45) is 7.05 Å². The van der Waals surface area contributed by atoms with Gasteiger partial charge in [0.2, 0.25) is 0 Å². The Bertz CT molecular complexity index is 407. The summed E-state index contributed by atoms with van der Waals surface area (Å²) in [6, 6.07) is 4.27. The molecule has 16 heavy (non-hydrogen) atoms. The summed E-state index contributed by atoms with van der Waals surface area (Å²) in [7, 11) is 1.89. The molecule has 0 radical (unpaired) electrons. The number of aromatic nitrogens is 3. The highest BCUT2D eigenvalue weighted by Crippen LogP contribution is 2.07. The van der Waals surface area contributed by atoms with Gasteiger partial charge >= 0.3 is 0 Å². The molecule has 0 bridgehead atoms. The Morgan fingerprint density at radius 3 is 2.94 bits per heavy atom. The van der Waals surface area contributed by atoms with Crippen LogP contribution in [0.2, 0.25) is 0 Å². The molecule has 0 saturated heterocycles. The monoisotopic (exact) mass is 236 g/mol. The average Bonchev–Trinajstić information content (AvgIpc) is 2.89. The van der Waals surface area contributed by atoms with Crippen LogP contribution < -0.4 is 5.32 Å². The summed E-state index contributed by atoms with van der Waals surface area (Å²) in [5, 5.41) is 9.74. The first-order chi connectivity index (χ1) is 7.84. The summed E-state index contributed by atoms with van der Waals surface area (Å²) in [5.74, 6) is 0.908. The molecule has 0 aliphatic carbocycles. The van der Waals surface area contributed by atoms with Gasteiger partial charge in [0.1, 0.15) is 6.33 Å². The molecule has 2 aromatic rings. The van der Waals surface area contributed by atoms with Gasteiger partial charge in [0.15, 0.2) is 5.82 Å². The zero-order valence-corrected chi connectivity index (χ0v) is 10.2. The van der Waals surface area contributed by atoms with Gasteiger partial charge in [-0.15, -0.1) is 11.3 Å². The molecule has 0 atom stereocenters. The van der Waals surface area contributed by atoms with E-state index >= 15 is 0 Å². The number of hydrogen-bond donors (Lipinski definition) is 1. The number of nitrogens with one attached hydrogen (secondary N) is 1. The fourth-order valence-electron chi connectivity index (χ4n) is 1.49. The van der Waals surface area contributed by atoms with Gasteiger partial charge in [-0.2, -0.15) is 5.10 Å². The fraction of sp³-hybridized carbons (Fsp3) is 0.455. The lowest BCUT2D eigenvalue weighted by Gasteiger charge is -2.01. The Labute approximate surface area is 99.3 Å². The van der Waals surface area contributed by atoms with E-state index in [2.05, 4.69) is 32.9 Å². The van der Waals surface area contributed by atoms with Crippen LogP contribution in [0.3, 0.4) is 0 Å². The van der Waals surface area contributed by atoms with E-state index in [0.29, 0.717) is 0 Å². The Balaban J connectivity index is 1.59. The minimum Gasteiger partial charge on any atom is -0.316 e. The van der Waals surface area contributed by atoms with Crippen LogP contribution in [0.25, 0.3) is 0 Å². The highest BCUT2D eigenvalue weighted by molar-refractivity contribution is 7.09. The number of aryl methyl sites for hydroxylation is 1. The van der Waals surface area contributed by atoms with Gasteiger partial charge in [0.05, 0.1) is 0 Å². The van der Waals surface area contributed by atoms with Crippen LogP contribution in [0, 0.1) is 0 Å². The smallest absolute Gasteiger partial charge is 0.151 e. The summed E-state index contributed by atoms with van der Waals surface area (Å²) in [6.45, 7) is 1.96. The van der Waals surface area contributed by atoms with E-state index in [-0.39, 0.29) is 0 Å². The standard InChI is InChI=1S/C11H16N4S/c1-15-9-13-11(14-15)5-7-12-6-4-10-3-2-8-16-10/h2-3,8-9,12H,4-7H2,1H3. The zero-order chi connectivity index (χ0) is 11.2. The maximum absolute atomic E-state index is 4.23. The molecule has 0 aliphatic rings. The van der Waals surface area contributed by atoms with E-state index in [9.17, 15) is 0 Å². The maximum atomic E-state index is 4.23. The Morgan fingerprint density at radius 1 is 1.38 bits per heavy atom. The van der Waals surface area contributed by atoms with Crippen LogP contribution in [0.4, 0.5) is 0 Å². The molecule has 2 aromatic heterocycles. The van der Waals surface area contributed by atoms with Crippen molar-refractivity contribution in [2.45, 2.75) is 12.8 Å². The average molecular weight is 236 g/mol. The van der Waals surface area contributed by atoms with Gasteiger partial charge in [-0.05, 0) is 24.4 Å². The summed E-state index contributed by atoms with van der Waals surface area (Å²) in [5.41, 5.74) is 0. The predicted octanol–water partition coefficient (Wildman–Crippen LogP) is 1.25. The number of nitrogens with zero attached hydrogens (tertiary/aromatic N) is 3. The van der Waals surface area contributed by atoms with Crippen LogP contribution in [0.5, 0.6) is 0 Å². The zero-order valence-electron chi connectivity index (χ0n) is 9.39. The highest BCUT2D eigenvalue weighted by Gasteiger charge is 1.98. The highest BCUT2D eigenvalue weighted by atomic mass is 32.1. The van der Waals surface area contributed by atoms with Crippen molar-refractivity contribution in [3.63, 3.8) is 0 Å². The molecule has 0 unspecified atom stereocenters. The van der Waals surface area contributed by atoms with E-state index < -0.39 is 0 Å². The first-order valence-electron chi connectivity index (χ1n) is 5.42. The fourth-order valence-corrected chi connectivity index (χ4v) is 2.20. The van der Waals surface area contributed by atoms with Crippen LogP contribution in [-0.4, -0.2) is 27.9 Å². The van der Waals surface area contributed by atoms with E-state index in [1.165, 1.54) is 4.88 Å². The maximum Gasteiger partial charge on any atom is 0.151 e. The lowest BCUT2D eigenvalue weighted by atomic mass is 10.3. The van der Waals surface area contributed by atoms with Gasteiger partial charge < -0.3 is 5.32 Å². The van der Waals surface area contributed by atoms with Gasteiger partial charge in [-0.25, -0.2) is 4.98 Å². The second-order valence-electron chi connectivity index (χ2n) is 3.66.